The number of rotatable bonds is 7. The van der Waals surface area contributed by atoms with E-state index in [1.54, 1.807) is 0 Å². The molecule has 3 N–H and O–H groups in total. The number of hydrazine groups is 1. The van der Waals surface area contributed by atoms with Crippen molar-refractivity contribution in [1.82, 2.24) is 15.3 Å². The van der Waals surface area contributed by atoms with Crippen LogP contribution in [0.4, 0.5) is 0 Å². The van der Waals surface area contributed by atoms with Gasteiger partial charge in [0.1, 0.15) is 0 Å². The number of amides is 1. The second kappa shape index (κ2) is 8.44. The lowest BCUT2D eigenvalue weighted by Gasteiger charge is -2.32. The maximum atomic E-state index is 11.6. The van der Waals surface area contributed by atoms with E-state index in [9.17, 15) is 4.79 Å². The molecule has 1 aliphatic rings. The second-order valence-corrected chi connectivity index (χ2v) is 4.78. The number of carbonyl (C=O) groups is 1. The minimum absolute atomic E-state index is 0.155. The van der Waals surface area contributed by atoms with Crippen LogP contribution in [0.15, 0.2) is 0 Å². The van der Waals surface area contributed by atoms with Crippen LogP contribution in [0.2, 0.25) is 0 Å². The molecule has 0 aromatic rings. The van der Waals surface area contributed by atoms with Gasteiger partial charge in [0.25, 0.3) is 0 Å². The van der Waals surface area contributed by atoms with Crippen molar-refractivity contribution >= 4 is 5.91 Å². The first-order valence-electron chi connectivity index (χ1n) is 6.65. The molecule has 0 aliphatic carbocycles. The maximum absolute atomic E-state index is 11.6. The minimum Gasteiger partial charge on any atom is -0.330 e. The van der Waals surface area contributed by atoms with Crippen LogP contribution >= 0.6 is 0 Å². The van der Waals surface area contributed by atoms with E-state index in [1.807, 2.05) is 5.01 Å². The zero-order chi connectivity index (χ0) is 12.5. The van der Waals surface area contributed by atoms with Crippen LogP contribution in [0.1, 0.15) is 32.1 Å². The average molecular weight is 242 g/mol. The summed E-state index contributed by atoms with van der Waals surface area (Å²) in [6, 6.07) is 0. The summed E-state index contributed by atoms with van der Waals surface area (Å²) in [6.45, 7) is 4.66. The van der Waals surface area contributed by atoms with Gasteiger partial charge in [0, 0.05) is 32.6 Å². The molecule has 0 bridgehead atoms. The fraction of sp³-hybridized carbons (Fsp3) is 0.917. The molecule has 1 aliphatic heterocycles. The van der Waals surface area contributed by atoms with Gasteiger partial charge < -0.3 is 10.6 Å². The van der Waals surface area contributed by atoms with Gasteiger partial charge in [-0.05, 0) is 26.4 Å². The van der Waals surface area contributed by atoms with Crippen molar-refractivity contribution in [2.45, 2.75) is 32.1 Å². The third kappa shape index (κ3) is 6.61. The molecule has 0 unspecified atom stereocenters. The molecule has 1 heterocycles. The number of unbranched alkanes of at least 4 members (excludes halogenated alkanes) is 3. The summed E-state index contributed by atoms with van der Waals surface area (Å²) in [5, 5.41) is 2.03. The Kier molecular flexibility index (Phi) is 7.16. The third-order valence-electron chi connectivity index (χ3n) is 3.14. The number of piperazine rings is 1. The van der Waals surface area contributed by atoms with Crippen LogP contribution < -0.4 is 11.2 Å². The fourth-order valence-corrected chi connectivity index (χ4v) is 1.93. The summed E-state index contributed by atoms with van der Waals surface area (Å²) in [7, 11) is 2.11. The van der Waals surface area contributed by atoms with E-state index in [-0.39, 0.29) is 5.91 Å². The summed E-state index contributed by atoms with van der Waals surface area (Å²) in [5.41, 5.74) is 8.39. The Hall–Kier alpha value is -0.650. The highest BCUT2D eigenvalue weighted by molar-refractivity contribution is 5.75. The summed E-state index contributed by atoms with van der Waals surface area (Å²) < 4.78 is 0. The molecule has 0 saturated carbocycles. The normalized spacial score (nSPS) is 18.2. The zero-order valence-electron chi connectivity index (χ0n) is 11.0. The molecular formula is C12H26N4O. The predicted octanol–water partition coefficient (Wildman–Crippen LogP) is 0.174. The lowest BCUT2D eigenvalue weighted by molar-refractivity contribution is -0.126. The van der Waals surface area contributed by atoms with Crippen molar-refractivity contribution in [2.24, 2.45) is 5.73 Å². The van der Waals surface area contributed by atoms with Crippen LogP contribution in [0.5, 0.6) is 0 Å². The summed E-state index contributed by atoms with van der Waals surface area (Å²) >= 11 is 0. The van der Waals surface area contributed by atoms with Gasteiger partial charge in [0.2, 0.25) is 5.91 Å². The van der Waals surface area contributed by atoms with Crippen molar-refractivity contribution in [3.8, 4) is 0 Å². The molecule has 0 spiro atoms. The number of nitrogens with two attached hydrogens (primary N) is 1. The van der Waals surface area contributed by atoms with E-state index >= 15 is 0 Å². The van der Waals surface area contributed by atoms with E-state index in [4.69, 9.17) is 5.73 Å². The monoisotopic (exact) mass is 242 g/mol. The van der Waals surface area contributed by atoms with Gasteiger partial charge in [-0.2, -0.15) is 0 Å². The molecule has 100 valence electrons. The van der Waals surface area contributed by atoms with E-state index in [0.717, 1.165) is 58.4 Å². The number of likely N-dealkylation sites (N-methyl/N-ethyl adjacent to an activating group) is 1. The average Bonchev–Trinajstić information content (AvgIpc) is 2.32. The standard InChI is InChI=1S/C12H26N4O/c1-15-8-10-16(11-9-15)14-12(17)6-4-2-3-5-7-13/h2-11,13H2,1H3,(H,14,17). The summed E-state index contributed by atoms with van der Waals surface area (Å²) in [5.74, 6) is 0.155. The van der Waals surface area contributed by atoms with Crippen molar-refractivity contribution in [3.63, 3.8) is 0 Å². The topological polar surface area (TPSA) is 61.6 Å². The molecule has 0 aromatic heterocycles. The van der Waals surface area contributed by atoms with Crippen molar-refractivity contribution < 1.29 is 4.79 Å². The van der Waals surface area contributed by atoms with Crippen LogP contribution in [-0.4, -0.2) is 55.6 Å². The highest BCUT2D eigenvalue weighted by atomic mass is 16.2. The molecule has 17 heavy (non-hydrogen) atoms. The fourth-order valence-electron chi connectivity index (χ4n) is 1.93. The number of hydrogen-bond acceptors (Lipinski definition) is 4. The Bertz CT molecular complexity index is 215. The van der Waals surface area contributed by atoms with Gasteiger partial charge >= 0.3 is 0 Å². The van der Waals surface area contributed by atoms with Crippen LogP contribution in [0.25, 0.3) is 0 Å². The van der Waals surface area contributed by atoms with Gasteiger partial charge in [0.05, 0.1) is 0 Å². The predicted molar refractivity (Wildman–Crippen MR) is 69.4 cm³/mol. The molecule has 0 radical (unpaired) electrons. The summed E-state index contributed by atoms with van der Waals surface area (Å²) in [6.07, 6.45) is 4.92. The molecular weight excluding hydrogens is 216 g/mol. The molecule has 1 amide bonds. The van der Waals surface area contributed by atoms with E-state index in [1.165, 1.54) is 0 Å². The molecule has 0 atom stereocenters. The van der Waals surface area contributed by atoms with Gasteiger partial charge in [-0.15, -0.1) is 0 Å². The largest absolute Gasteiger partial charge is 0.330 e. The Labute approximate surface area is 104 Å². The van der Waals surface area contributed by atoms with Gasteiger partial charge in [-0.1, -0.05) is 12.8 Å². The first kappa shape index (κ1) is 14.4. The van der Waals surface area contributed by atoms with E-state index < -0.39 is 0 Å². The Morgan fingerprint density at radius 2 is 1.76 bits per heavy atom. The zero-order valence-corrected chi connectivity index (χ0v) is 11.0. The van der Waals surface area contributed by atoms with Crippen molar-refractivity contribution in [3.05, 3.63) is 0 Å². The molecule has 5 heteroatoms. The Balaban J connectivity index is 2.00. The first-order valence-corrected chi connectivity index (χ1v) is 6.65. The lowest BCUT2D eigenvalue weighted by Crippen LogP contribution is -2.52. The number of nitrogens with one attached hydrogen (secondary N) is 1. The van der Waals surface area contributed by atoms with Gasteiger partial charge in [0.15, 0.2) is 0 Å². The van der Waals surface area contributed by atoms with Gasteiger partial charge in [-0.3, -0.25) is 10.2 Å². The lowest BCUT2D eigenvalue weighted by atomic mass is 10.1. The van der Waals surface area contributed by atoms with Crippen molar-refractivity contribution in [1.29, 1.82) is 0 Å². The van der Waals surface area contributed by atoms with Crippen LogP contribution in [0.3, 0.4) is 0 Å². The molecule has 5 nitrogen and oxygen atoms in total. The van der Waals surface area contributed by atoms with E-state index in [0.29, 0.717) is 6.42 Å². The molecule has 1 saturated heterocycles. The summed E-state index contributed by atoms with van der Waals surface area (Å²) in [4.78, 5) is 13.9. The first-order chi connectivity index (χ1) is 8.22. The minimum atomic E-state index is 0.155. The van der Waals surface area contributed by atoms with Gasteiger partial charge in [-0.25, -0.2) is 5.01 Å². The van der Waals surface area contributed by atoms with Crippen LogP contribution in [0, 0.1) is 0 Å². The number of nitrogens with zero attached hydrogens (tertiary/aromatic N) is 2. The highest BCUT2D eigenvalue weighted by Crippen LogP contribution is 2.03. The highest BCUT2D eigenvalue weighted by Gasteiger charge is 2.15. The SMILES string of the molecule is CN1CCN(NC(=O)CCCCCCN)CC1. The molecule has 1 fully saturated rings. The Morgan fingerprint density at radius 1 is 1.12 bits per heavy atom. The van der Waals surface area contributed by atoms with E-state index in [2.05, 4.69) is 17.4 Å². The molecule has 1 rings (SSSR count). The quantitative estimate of drug-likeness (QED) is 0.625. The number of hydrogen-bond donors (Lipinski definition) is 2. The second-order valence-electron chi connectivity index (χ2n) is 4.78. The Morgan fingerprint density at radius 3 is 2.41 bits per heavy atom. The third-order valence-corrected chi connectivity index (χ3v) is 3.14. The van der Waals surface area contributed by atoms with Crippen LogP contribution in [-0.2, 0) is 4.79 Å². The smallest absolute Gasteiger partial charge is 0.234 e. The number of carbonyl (C=O) groups excluding carboxylic acids is 1. The maximum Gasteiger partial charge on any atom is 0.234 e. The van der Waals surface area contributed by atoms with Crippen molar-refractivity contribution in [2.75, 3.05) is 39.8 Å². The molecule has 0 aromatic carbocycles.